The Morgan fingerprint density at radius 3 is 1.67 bits per heavy atom. The summed E-state index contributed by atoms with van der Waals surface area (Å²) >= 11 is 0. The Morgan fingerprint density at radius 1 is 1.00 bits per heavy atom. The molecule has 1 aromatic rings. The second kappa shape index (κ2) is 6.62. The van der Waals surface area contributed by atoms with Crippen LogP contribution in [-0.2, 0) is 0 Å². The van der Waals surface area contributed by atoms with E-state index in [1.165, 1.54) is 0 Å². The first-order valence-electron chi connectivity index (χ1n) is 2.20. The summed E-state index contributed by atoms with van der Waals surface area (Å²) in [5.74, 6) is 0. The Balaban J connectivity index is 0. The molecule has 1 rings (SSSR count). The van der Waals surface area contributed by atoms with Crippen LogP contribution >= 0.6 is 0 Å². The Bertz CT molecular complexity index is 143. The largest absolute Gasteiger partial charge is 1.00 e. The van der Waals surface area contributed by atoms with Gasteiger partial charge in [0.15, 0.2) is 0 Å². The number of benzene rings is 1. The first-order valence-corrected chi connectivity index (χ1v) is 2.20. The molecule has 0 aromatic heterocycles. The van der Waals surface area contributed by atoms with Gasteiger partial charge < -0.3 is 22.7 Å². The van der Waals surface area contributed by atoms with Gasteiger partial charge in [-0.2, -0.15) is 0 Å². The molecule has 9 heavy (non-hydrogen) atoms. The number of nitrogen functional groups attached to an aromatic ring is 1. The van der Waals surface area contributed by atoms with E-state index in [9.17, 15) is 0 Å². The fraction of sp³-hybridized carbons (Fsp3) is 0. The van der Waals surface area contributed by atoms with Crippen LogP contribution in [-0.4, -0.2) is 0 Å². The molecule has 1 nitrogen and oxygen atoms in total. The van der Waals surface area contributed by atoms with E-state index in [2.05, 4.69) is 0 Å². The topological polar surface area (TPSA) is 26.0 Å². The summed E-state index contributed by atoms with van der Waals surface area (Å²) in [6.45, 7) is 0. The molecular weight excluding hydrogens is 189 g/mol. The van der Waals surface area contributed by atoms with Crippen LogP contribution in [0.2, 0.25) is 0 Å². The van der Waals surface area contributed by atoms with E-state index in [-0.39, 0.29) is 46.5 Å². The minimum atomic E-state index is 0. The maximum Gasteiger partial charge on any atom is 1.00 e. The smallest absolute Gasteiger partial charge is 1.00 e. The van der Waals surface area contributed by atoms with Crippen molar-refractivity contribution in [3.8, 4) is 0 Å². The Kier molecular flexibility index (Phi) is 8.97. The van der Waals surface area contributed by atoms with Crippen LogP contribution in [0.1, 0.15) is 0 Å². The molecule has 0 aliphatic carbocycles. The second-order valence-electron chi connectivity index (χ2n) is 1.41. The van der Waals surface area contributed by atoms with Gasteiger partial charge in [-0.25, -0.2) is 0 Å². The van der Waals surface area contributed by atoms with Crippen LogP contribution in [0.3, 0.4) is 0 Å². The maximum atomic E-state index is 5.36. The standard InChI is InChI=1S/C6H7N.BrH.Na/c7-6-4-2-1-3-5-6;;/h1-5H,7H2;1H;/q;;+1/p-1. The molecule has 0 atom stereocenters. The molecule has 3 heteroatoms. The molecule has 44 valence electrons. The van der Waals surface area contributed by atoms with Crippen molar-refractivity contribution in [3.05, 3.63) is 30.3 Å². The Hall–Kier alpha value is 0.500. The summed E-state index contributed by atoms with van der Waals surface area (Å²) in [5.41, 5.74) is 6.18. The van der Waals surface area contributed by atoms with Crippen molar-refractivity contribution in [3.63, 3.8) is 0 Å². The zero-order valence-corrected chi connectivity index (χ0v) is 8.93. The number of hydrogen-bond donors (Lipinski definition) is 1. The number of hydrogen-bond acceptors (Lipinski definition) is 1. The van der Waals surface area contributed by atoms with Gasteiger partial charge in [0.05, 0.1) is 0 Å². The summed E-state index contributed by atoms with van der Waals surface area (Å²) in [6, 6.07) is 9.49. The van der Waals surface area contributed by atoms with Crippen LogP contribution in [0, 0.1) is 0 Å². The van der Waals surface area contributed by atoms with Gasteiger partial charge in [-0.15, -0.1) is 0 Å². The third-order valence-corrected chi connectivity index (χ3v) is 0.800. The molecule has 0 radical (unpaired) electrons. The van der Waals surface area contributed by atoms with Crippen LogP contribution in [0.5, 0.6) is 0 Å². The summed E-state index contributed by atoms with van der Waals surface area (Å²) in [7, 11) is 0. The van der Waals surface area contributed by atoms with E-state index >= 15 is 0 Å². The van der Waals surface area contributed by atoms with E-state index in [0.29, 0.717) is 0 Å². The summed E-state index contributed by atoms with van der Waals surface area (Å²) in [4.78, 5) is 0. The fourth-order valence-electron chi connectivity index (χ4n) is 0.453. The minimum absolute atomic E-state index is 0. The Labute approximate surface area is 87.7 Å². The van der Waals surface area contributed by atoms with Gasteiger partial charge in [0.1, 0.15) is 0 Å². The molecule has 0 bridgehead atoms. The number of rotatable bonds is 0. The number of para-hydroxylation sites is 1. The molecule has 0 spiro atoms. The van der Waals surface area contributed by atoms with Gasteiger partial charge >= 0.3 is 29.6 Å². The molecule has 0 saturated heterocycles. The predicted octanol–water partition coefficient (Wildman–Crippen LogP) is -4.72. The maximum absolute atomic E-state index is 5.36. The normalized spacial score (nSPS) is 6.67. The van der Waals surface area contributed by atoms with Gasteiger partial charge in [-0.3, -0.25) is 0 Å². The molecule has 0 amide bonds. The van der Waals surface area contributed by atoms with Crippen molar-refractivity contribution in [2.75, 3.05) is 5.73 Å². The van der Waals surface area contributed by atoms with Crippen molar-refractivity contribution in [2.45, 2.75) is 0 Å². The first-order chi connectivity index (χ1) is 3.39. The van der Waals surface area contributed by atoms with Crippen LogP contribution in [0.25, 0.3) is 0 Å². The van der Waals surface area contributed by atoms with E-state index in [4.69, 9.17) is 5.73 Å². The Morgan fingerprint density at radius 2 is 1.44 bits per heavy atom. The number of nitrogens with two attached hydrogens (primary N) is 1. The van der Waals surface area contributed by atoms with Gasteiger partial charge in [-0.05, 0) is 12.1 Å². The zero-order chi connectivity index (χ0) is 5.11. The fourth-order valence-corrected chi connectivity index (χ4v) is 0.453. The monoisotopic (exact) mass is 195 g/mol. The van der Waals surface area contributed by atoms with E-state index < -0.39 is 0 Å². The van der Waals surface area contributed by atoms with Gasteiger partial charge in [0.25, 0.3) is 0 Å². The molecule has 0 saturated carbocycles. The van der Waals surface area contributed by atoms with Gasteiger partial charge in [-0.1, -0.05) is 18.2 Å². The first kappa shape index (κ1) is 12.2. The van der Waals surface area contributed by atoms with Crippen LogP contribution < -0.4 is 52.3 Å². The molecule has 0 aliphatic rings. The van der Waals surface area contributed by atoms with E-state index in [1.54, 1.807) is 0 Å². The van der Waals surface area contributed by atoms with Crippen LogP contribution in [0.15, 0.2) is 30.3 Å². The summed E-state index contributed by atoms with van der Waals surface area (Å²) < 4.78 is 0. The molecular formula is C6H7BrNNa. The van der Waals surface area contributed by atoms with Gasteiger partial charge in [0, 0.05) is 5.69 Å². The predicted molar refractivity (Wildman–Crippen MR) is 30.9 cm³/mol. The minimum Gasteiger partial charge on any atom is -1.00 e. The van der Waals surface area contributed by atoms with Crippen molar-refractivity contribution in [2.24, 2.45) is 0 Å². The van der Waals surface area contributed by atoms with Crippen molar-refractivity contribution < 1.29 is 46.5 Å². The molecule has 1 aromatic carbocycles. The van der Waals surface area contributed by atoms with Crippen molar-refractivity contribution in [1.82, 2.24) is 0 Å². The summed E-state index contributed by atoms with van der Waals surface area (Å²) in [6.07, 6.45) is 0. The zero-order valence-electron chi connectivity index (χ0n) is 5.34. The average Bonchev–Trinajstić information content (AvgIpc) is 1.69. The molecule has 0 heterocycles. The van der Waals surface area contributed by atoms with Crippen LogP contribution in [0.4, 0.5) is 5.69 Å². The number of anilines is 1. The SMILES string of the molecule is Nc1ccccc1.[Br-].[Na+]. The molecule has 2 N–H and O–H groups in total. The van der Waals surface area contributed by atoms with Crippen molar-refractivity contribution >= 4 is 5.69 Å². The molecule has 0 unspecified atom stereocenters. The average molecular weight is 196 g/mol. The van der Waals surface area contributed by atoms with E-state index in [1.807, 2.05) is 30.3 Å². The molecule has 0 aliphatic heterocycles. The van der Waals surface area contributed by atoms with E-state index in [0.717, 1.165) is 5.69 Å². The third kappa shape index (κ3) is 4.97. The third-order valence-electron chi connectivity index (χ3n) is 0.800. The second-order valence-corrected chi connectivity index (χ2v) is 1.41. The van der Waals surface area contributed by atoms with Gasteiger partial charge in [0.2, 0.25) is 0 Å². The molecule has 0 fully saturated rings. The van der Waals surface area contributed by atoms with Crippen molar-refractivity contribution in [1.29, 1.82) is 0 Å². The summed E-state index contributed by atoms with van der Waals surface area (Å²) in [5, 5.41) is 0. The quantitative estimate of drug-likeness (QED) is 0.327. The number of halogens is 1.